The van der Waals surface area contributed by atoms with Gasteiger partial charge in [0.05, 0.1) is 12.2 Å². The number of anilines is 2. The first-order chi connectivity index (χ1) is 9.72. The van der Waals surface area contributed by atoms with Crippen molar-refractivity contribution in [3.05, 3.63) is 41.5 Å². The number of nitrogens with one attached hydrogen (secondary N) is 2. The highest BCUT2D eigenvalue weighted by atomic mass is 16.5. The van der Waals surface area contributed by atoms with Gasteiger partial charge >= 0.3 is 0 Å². The Morgan fingerprint density at radius 2 is 2.05 bits per heavy atom. The molecular formula is C14H19N5O. The van der Waals surface area contributed by atoms with Crippen LogP contribution in [0.15, 0.2) is 24.4 Å². The number of aromatic nitrogens is 3. The Balaban J connectivity index is 2.12. The van der Waals surface area contributed by atoms with Gasteiger partial charge in [-0.05, 0) is 18.6 Å². The minimum Gasteiger partial charge on any atom is -0.377 e. The fraction of sp³-hybridized carbons (Fsp3) is 0.357. The molecule has 6 heteroatoms. The highest BCUT2D eigenvalue weighted by Crippen LogP contribution is 2.13. The van der Waals surface area contributed by atoms with Gasteiger partial charge in [0, 0.05) is 26.4 Å². The van der Waals surface area contributed by atoms with Gasteiger partial charge in [-0.3, -0.25) is 4.98 Å². The fourth-order valence-corrected chi connectivity index (χ4v) is 1.79. The van der Waals surface area contributed by atoms with Crippen molar-refractivity contribution >= 4 is 11.6 Å². The first-order valence-corrected chi connectivity index (χ1v) is 6.42. The van der Waals surface area contributed by atoms with E-state index in [9.17, 15) is 0 Å². The zero-order valence-corrected chi connectivity index (χ0v) is 12.0. The van der Waals surface area contributed by atoms with Crippen LogP contribution in [0, 0.1) is 6.92 Å². The summed E-state index contributed by atoms with van der Waals surface area (Å²) in [6.07, 6.45) is 1.79. The summed E-state index contributed by atoms with van der Waals surface area (Å²) in [7, 11) is 3.45. The average Bonchev–Trinajstić information content (AvgIpc) is 2.46. The molecular weight excluding hydrogens is 254 g/mol. The van der Waals surface area contributed by atoms with Gasteiger partial charge in [0.2, 0.25) is 0 Å². The van der Waals surface area contributed by atoms with Crippen LogP contribution in [-0.4, -0.2) is 29.1 Å². The van der Waals surface area contributed by atoms with Crippen molar-refractivity contribution in [2.24, 2.45) is 0 Å². The number of aryl methyl sites for hydroxylation is 1. The number of nitrogens with zero attached hydrogens (tertiary/aromatic N) is 3. The normalized spacial score (nSPS) is 10.3. The average molecular weight is 273 g/mol. The highest BCUT2D eigenvalue weighted by molar-refractivity contribution is 5.47. The maximum absolute atomic E-state index is 5.07. The van der Waals surface area contributed by atoms with E-state index in [2.05, 4.69) is 25.6 Å². The summed E-state index contributed by atoms with van der Waals surface area (Å²) < 4.78 is 5.07. The molecule has 0 bridgehead atoms. The summed E-state index contributed by atoms with van der Waals surface area (Å²) in [5.74, 6) is 2.15. The quantitative estimate of drug-likeness (QED) is 0.838. The topological polar surface area (TPSA) is 72.0 Å². The number of rotatable bonds is 6. The van der Waals surface area contributed by atoms with Crippen LogP contribution in [0.5, 0.6) is 0 Å². The molecule has 0 fully saturated rings. The van der Waals surface area contributed by atoms with E-state index in [4.69, 9.17) is 4.74 Å². The molecule has 2 aromatic rings. The molecule has 0 aliphatic carbocycles. The van der Waals surface area contributed by atoms with Crippen molar-refractivity contribution < 1.29 is 4.74 Å². The number of hydrogen-bond donors (Lipinski definition) is 2. The van der Waals surface area contributed by atoms with Gasteiger partial charge in [0.15, 0.2) is 5.82 Å². The zero-order valence-electron chi connectivity index (χ0n) is 12.0. The maximum Gasteiger partial charge on any atom is 0.158 e. The molecule has 0 saturated carbocycles. The molecule has 2 N–H and O–H groups in total. The Labute approximate surface area is 118 Å². The van der Waals surface area contributed by atoms with E-state index in [1.54, 1.807) is 13.3 Å². The van der Waals surface area contributed by atoms with Crippen LogP contribution in [-0.2, 0) is 17.9 Å². The smallest absolute Gasteiger partial charge is 0.158 e. The Morgan fingerprint density at radius 1 is 1.25 bits per heavy atom. The standard InChI is InChI=1S/C14H19N5O/c1-10-5-4-6-16-11(10)8-17-13-7-12(15-2)18-14(19-13)9-20-3/h4-7H,8-9H2,1-3H3,(H2,15,17,18,19). The van der Waals surface area contributed by atoms with Gasteiger partial charge in [0.25, 0.3) is 0 Å². The van der Waals surface area contributed by atoms with Gasteiger partial charge in [-0.1, -0.05) is 6.07 Å². The molecule has 0 amide bonds. The second-order valence-corrected chi connectivity index (χ2v) is 4.36. The Morgan fingerprint density at radius 3 is 2.75 bits per heavy atom. The Bertz CT molecular complexity index is 573. The number of methoxy groups -OCH3 is 1. The van der Waals surface area contributed by atoms with Crippen LogP contribution < -0.4 is 10.6 Å². The molecule has 20 heavy (non-hydrogen) atoms. The van der Waals surface area contributed by atoms with Crippen molar-refractivity contribution in [3.8, 4) is 0 Å². The van der Waals surface area contributed by atoms with Crippen molar-refractivity contribution in [1.29, 1.82) is 0 Å². The minimum absolute atomic E-state index is 0.382. The van der Waals surface area contributed by atoms with E-state index in [1.807, 2.05) is 32.2 Å². The molecule has 2 heterocycles. The van der Waals surface area contributed by atoms with Crippen molar-refractivity contribution in [1.82, 2.24) is 15.0 Å². The lowest BCUT2D eigenvalue weighted by atomic mass is 10.2. The third kappa shape index (κ3) is 3.64. The van der Waals surface area contributed by atoms with Crippen LogP contribution in [0.2, 0.25) is 0 Å². The van der Waals surface area contributed by atoms with E-state index in [1.165, 1.54) is 0 Å². The highest BCUT2D eigenvalue weighted by Gasteiger charge is 2.05. The SMILES string of the molecule is CNc1cc(NCc2ncccc2C)nc(COC)n1. The first-order valence-electron chi connectivity index (χ1n) is 6.42. The molecule has 0 aromatic carbocycles. The third-order valence-electron chi connectivity index (χ3n) is 2.86. The van der Waals surface area contributed by atoms with E-state index < -0.39 is 0 Å². The van der Waals surface area contributed by atoms with Crippen LogP contribution in [0.3, 0.4) is 0 Å². The second-order valence-electron chi connectivity index (χ2n) is 4.36. The van der Waals surface area contributed by atoms with Gasteiger partial charge in [-0.25, -0.2) is 9.97 Å². The lowest BCUT2D eigenvalue weighted by Gasteiger charge is -2.10. The lowest BCUT2D eigenvalue weighted by molar-refractivity contribution is 0.178. The van der Waals surface area contributed by atoms with Crippen molar-refractivity contribution in [2.45, 2.75) is 20.1 Å². The van der Waals surface area contributed by atoms with E-state index >= 15 is 0 Å². The van der Waals surface area contributed by atoms with Crippen LogP contribution in [0.1, 0.15) is 17.1 Å². The molecule has 0 aliphatic heterocycles. The molecule has 0 unspecified atom stereocenters. The van der Waals surface area contributed by atoms with Crippen LogP contribution >= 0.6 is 0 Å². The summed E-state index contributed by atoms with van der Waals surface area (Å²) in [6.45, 7) is 3.05. The molecule has 6 nitrogen and oxygen atoms in total. The first kappa shape index (κ1) is 14.2. The molecule has 0 saturated heterocycles. The van der Waals surface area contributed by atoms with Crippen LogP contribution in [0.25, 0.3) is 0 Å². The summed E-state index contributed by atoms with van der Waals surface area (Å²) >= 11 is 0. The van der Waals surface area contributed by atoms with Crippen LogP contribution in [0.4, 0.5) is 11.6 Å². The number of pyridine rings is 1. The lowest BCUT2D eigenvalue weighted by Crippen LogP contribution is -2.08. The molecule has 2 rings (SSSR count). The second kappa shape index (κ2) is 6.81. The Kier molecular flexibility index (Phi) is 4.84. The number of hydrogen-bond acceptors (Lipinski definition) is 6. The Hall–Kier alpha value is -2.21. The molecule has 106 valence electrons. The van der Waals surface area contributed by atoms with Gasteiger partial charge in [-0.2, -0.15) is 0 Å². The predicted octanol–water partition coefficient (Wildman–Crippen LogP) is 1.98. The minimum atomic E-state index is 0.382. The molecule has 0 aliphatic rings. The molecule has 0 spiro atoms. The maximum atomic E-state index is 5.07. The zero-order chi connectivity index (χ0) is 14.4. The largest absolute Gasteiger partial charge is 0.377 e. The fourth-order valence-electron chi connectivity index (χ4n) is 1.79. The summed E-state index contributed by atoms with van der Waals surface area (Å²) in [4.78, 5) is 13.1. The molecule has 0 atom stereocenters. The van der Waals surface area contributed by atoms with Gasteiger partial charge in [0.1, 0.15) is 18.2 Å². The van der Waals surface area contributed by atoms with Crippen molar-refractivity contribution in [3.63, 3.8) is 0 Å². The summed E-state index contributed by atoms with van der Waals surface area (Å²) in [5, 5.41) is 6.28. The summed E-state index contributed by atoms with van der Waals surface area (Å²) in [5.41, 5.74) is 2.16. The monoisotopic (exact) mass is 273 g/mol. The van der Waals surface area contributed by atoms with Crippen molar-refractivity contribution in [2.75, 3.05) is 24.8 Å². The third-order valence-corrected chi connectivity index (χ3v) is 2.86. The van der Waals surface area contributed by atoms with E-state index in [0.29, 0.717) is 19.0 Å². The number of ether oxygens (including phenoxy) is 1. The van der Waals surface area contributed by atoms with Gasteiger partial charge in [-0.15, -0.1) is 0 Å². The molecule has 2 aromatic heterocycles. The van der Waals surface area contributed by atoms with E-state index in [-0.39, 0.29) is 0 Å². The van der Waals surface area contributed by atoms with E-state index in [0.717, 1.165) is 22.9 Å². The summed E-state index contributed by atoms with van der Waals surface area (Å²) in [6, 6.07) is 5.83. The predicted molar refractivity (Wildman–Crippen MR) is 78.6 cm³/mol. The van der Waals surface area contributed by atoms with Gasteiger partial charge < -0.3 is 15.4 Å². The molecule has 0 radical (unpaired) electrons.